The van der Waals surface area contributed by atoms with E-state index in [1.165, 1.54) is 6.07 Å². The Bertz CT molecular complexity index is 584. The molecule has 1 aliphatic carbocycles. The van der Waals surface area contributed by atoms with Gasteiger partial charge in [0.1, 0.15) is 17.2 Å². The van der Waals surface area contributed by atoms with E-state index in [2.05, 4.69) is 5.32 Å². The van der Waals surface area contributed by atoms with Gasteiger partial charge in [0.15, 0.2) is 0 Å². The maximum atomic E-state index is 13.9. The average molecular weight is 261 g/mol. The summed E-state index contributed by atoms with van der Waals surface area (Å²) in [4.78, 5) is 13.7. The van der Waals surface area contributed by atoms with Crippen molar-refractivity contribution in [3.8, 4) is 0 Å². The number of carbonyl (C=O) groups excluding carboxylic acids is 1. The number of fused-ring (bicyclic) bond motifs is 2. The second-order valence-corrected chi connectivity index (χ2v) is 5.40. The molecule has 1 aromatic rings. The number of amides is 2. The fraction of sp³-hybridized carbons (Fsp3) is 0.429. The molecule has 2 N–H and O–H groups in total. The van der Waals surface area contributed by atoms with Crippen LogP contribution in [0.15, 0.2) is 18.2 Å². The predicted octanol–water partition coefficient (Wildman–Crippen LogP) is 2.38. The van der Waals surface area contributed by atoms with E-state index in [0.717, 1.165) is 5.56 Å². The number of nitrogens with one attached hydrogen (secondary N) is 2. The molecule has 5 heteroatoms. The molecule has 19 heavy (non-hydrogen) atoms. The van der Waals surface area contributed by atoms with Crippen LogP contribution in [0.5, 0.6) is 0 Å². The highest BCUT2D eigenvalue weighted by Crippen LogP contribution is 2.46. The van der Waals surface area contributed by atoms with Gasteiger partial charge in [0, 0.05) is 6.04 Å². The molecule has 1 aromatic carbocycles. The lowest BCUT2D eigenvalue weighted by Gasteiger charge is -2.36. The van der Waals surface area contributed by atoms with Crippen LogP contribution in [-0.4, -0.2) is 22.8 Å². The van der Waals surface area contributed by atoms with Crippen molar-refractivity contribution < 1.29 is 9.18 Å². The lowest BCUT2D eigenvalue weighted by atomic mass is 9.89. The lowest BCUT2D eigenvalue weighted by Crippen LogP contribution is -2.48. The third-order valence-electron chi connectivity index (χ3n) is 4.09. The van der Waals surface area contributed by atoms with Gasteiger partial charge in [-0.05, 0) is 43.9 Å². The van der Waals surface area contributed by atoms with E-state index < -0.39 is 5.54 Å². The summed E-state index contributed by atoms with van der Waals surface area (Å²) in [7, 11) is 0. The highest BCUT2D eigenvalue weighted by Gasteiger charge is 2.55. The lowest BCUT2D eigenvalue weighted by molar-refractivity contribution is 0.149. The van der Waals surface area contributed by atoms with E-state index in [4.69, 9.17) is 5.41 Å². The predicted molar refractivity (Wildman–Crippen MR) is 69.6 cm³/mol. The first-order valence-corrected chi connectivity index (χ1v) is 6.45. The van der Waals surface area contributed by atoms with E-state index in [9.17, 15) is 9.18 Å². The van der Waals surface area contributed by atoms with Crippen molar-refractivity contribution in [2.45, 2.75) is 38.3 Å². The largest absolute Gasteiger partial charge is 0.324 e. The normalized spacial score (nSPS) is 25.4. The maximum Gasteiger partial charge on any atom is 0.324 e. The number of halogens is 1. The second kappa shape index (κ2) is 3.79. The van der Waals surface area contributed by atoms with Crippen LogP contribution in [0.3, 0.4) is 0 Å². The fourth-order valence-corrected chi connectivity index (χ4v) is 3.39. The molecule has 1 unspecified atom stereocenters. The summed E-state index contributed by atoms with van der Waals surface area (Å²) in [5.74, 6) is -0.0826. The van der Waals surface area contributed by atoms with Crippen LogP contribution in [0.4, 0.5) is 9.18 Å². The molecule has 1 saturated heterocycles. The van der Waals surface area contributed by atoms with Gasteiger partial charge in [-0.15, -0.1) is 0 Å². The summed E-state index contributed by atoms with van der Waals surface area (Å²) in [5.41, 5.74) is 0.585. The summed E-state index contributed by atoms with van der Waals surface area (Å²) in [5, 5.41) is 10.7. The van der Waals surface area contributed by atoms with Gasteiger partial charge in [-0.3, -0.25) is 10.7 Å². The zero-order valence-corrected chi connectivity index (χ0v) is 11.0. The summed E-state index contributed by atoms with van der Waals surface area (Å²) >= 11 is 0. The number of hydrogen-bond acceptors (Lipinski definition) is 2. The molecule has 2 amide bonds. The van der Waals surface area contributed by atoms with Crippen molar-refractivity contribution in [3.05, 3.63) is 35.1 Å². The third kappa shape index (κ3) is 1.38. The van der Waals surface area contributed by atoms with Crippen molar-refractivity contribution in [2.75, 3.05) is 0 Å². The molecule has 1 spiro atoms. The van der Waals surface area contributed by atoms with Gasteiger partial charge in [-0.1, -0.05) is 12.1 Å². The molecule has 0 bridgehead atoms. The Balaban J connectivity index is 2.23. The first-order valence-electron chi connectivity index (χ1n) is 6.45. The minimum absolute atomic E-state index is 0.0444. The molecule has 0 saturated carbocycles. The van der Waals surface area contributed by atoms with E-state index in [1.54, 1.807) is 11.0 Å². The molecular formula is C14H16FN3O. The molecule has 1 atom stereocenters. The van der Waals surface area contributed by atoms with Gasteiger partial charge in [-0.25, -0.2) is 9.18 Å². The zero-order valence-electron chi connectivity index (χ0n) is 11.0. The average Bonchev–Trinajstić information content (AvgIpc) is 2.82. The smallest absolute Gasteiger partial charge is 0.305 e. The van der Waals surface area contributed by atoms with E-state index in [0.29, 0.717) is 18.4 Å². The van der Waals surface area contributed by atoms with Crippen LogP contribution in [0, 0.1) is 11.2 Å². The number of urea groups is 1. The quantitative estimate of drug-likeness (QED) is 0.801. The van der Waals surface area contributed by atoms with Gasteiger partial charge in [-0.2, -0.15) is 0 Å². The van der Waals surface area contributed by atoms with Gasteiger partial charge >= 0.3 is 6.03 Å². The van der Waals surface area contributed by atoms with Crippen LogP contribution in [-0.2, 0) is 12.0 Å². The van der Waals surface area contributed by atoms with Gasteiger partial charge in [0.05, 0.1) is 0 Å². The van der Waals surface area contributed by atoms with Crippen molar-refractivity contribution in [3.63, 3.8) is 0 Å². The van der Waals surface area contributed by atoms with E-state index >= 15 is 0 Å². The molecule has 100 valence electrons. The zero-order chi connectivity index (χ0) is 13.8. The Morgan fingerprint density at radius 2 is 2.21 bits per heavy atom. The Hall–Kier alpha value is -1.91. The summed E-state index contributed by atoms with van der Waals surface area (Å²) in [6.45, 7) is 3.83. The minimum atomic E-state index is -0.803. The molecule has 3 rings (SSSR count). The Kier molecular flexibility index (Phi) is 2.42. The highest BCUT2D eigenvalue weighted by atomic mass is 19.1. The molecule has 2 aliphatic rings. The number of amidine groups is 1. The number of nitrogens with zero attached hydrogens (tertiary/aromatic N) is 1. The second-order valence-electron chi connectivity index (χ2n) is 5.40. The first-order chi connectivity index (χ1) is 8.98. The van der Waals surface area contributed by atoms with Crippen LogP contribution in [0.25, 0.3) is 0 Å². The number of hydrogen-bond donors (Lipinski definition) is 2. The fourth-order valence-electron chi connectivity index (χ4n) is 3.39. The van der Waals surface area contributed by atoms with Gasteiger partial charge in [0.2, 0.25) is 0 Å². The first kappa shape index (κ1) is 12.1. The molecule has 1 heterocycles. The topological polar surface area (TPSA) is 56.2 Å². The Morgan fingerprint density at radius 1 is 1.47 bits per heavy atom. The SMILES string of the molecule is CC(C)N1C(=O)NC(=N)C12CCc1c(F)cccc12. The van der Waals surface area contributed by atoms with E-state index in [1.807, 2.05) is 19.9 Å². The molecule has 4 nitrogen and oxygen atoms in total. The summed E-state index contributed by atoms with van der Waals surface area (Å²) in [6, 6.07) is 4.60. The van der Waals surface area contributed by atoms with Crippen molar-refractivity contribution >= 4 is 11.9 Å². The summed E-state index contributed by atoms with van der Waals surface area (Å²) < 4.78 is 13.9. The van der Waals surface area contributed by atoms with Gasteiger partial charge < -0.3 is 4.90 Å². The van der Waals surface area contributed by atoms with Gasteiger partial charge in [0.25, 0.3) is 0 Å². The Labute approximate surface area is 111 Å². The van der Waals surface area contributed by atoms with Crippen LogP contribution in [0.2, 0.25) is 0 Å². The molecule has 0 radical (unpaired) electrons. The van der Waals surface area contributed by atoms with Crippen molar-refractivity contribution in [1.29, 1.82) is 5.41 Å². The molecular weight excluding hydrogens is 245 g/mol. The maximum absolute atomic E-state index is 13.9. The van der Waals surface area contributed by atoms with Crippen LogP contribution >= 0.6 is 0 Å². The molecule has 1 aliphatic heterocycles. The Morgan fingerprint density at radius 3 is 2.89 bits per heavy atom. The highest BCUT2D eigenvalue weighted by molar-refractivity contribution is 6.09. The minimum Gasteiger partial charge on any atom is -0.305 e. The monoisotopic (exact) mass is 261 g/mol. The standard InChI is InChI=1S/C14H16FN3O/c1-8(2)18-13(19)17-12(16)14(18)7-6-9-10(14)4-3-5-11(9)15/h3-5,8H,6-7H2,1-2H3,(H2,16,17,19). The van der Waals surface area contributed by atoms with Crippen molar-refractivity contribution in [1.82, 2.24) is 10.2 Å². The molecule has 0 aromatic heterocycles. The molecule has 1 fully saturated rings. The third-order valence-corrected chi connectivity index (χ3v) is 4.09. The summed E-state index contributed by atoms with van der Waals surface area (Å²) in [6.07, 6.45) is 1.13. The van der Waals surface area contributed by atoms with Crippen LogP contribution in [0.1, 0.15) is 31.4 Å². The van der Waals surface area contributed by atoms with E-state index in [-0.39, 0.29) is 23.7 Å². The number of benzene rings is 1. The number of carbonyl (C=O) groups is 1. The number of rotatable bonds is 1. The van der Waals surface area contributed by atoms with Crippen LogP contribution < -0.4 is 5.32 Å². The van der Waals surface area contributed by atoms with Crippen molar-refractivity contribution in [2.24, 2.45) is 0 Å².